The first-order chi connectivity index (χ1) is 13.5. The molecule has 1 saturated heterocycles. The number of quaternary nitrogens is 2. The molecule has 0 bridgehead atoms. The minimum atomic E-state index is 0.413. The summed E-state index contributed by atoms with van der Waals surface area (Å²) in [6.45, 7) is 8.44. The minimum Gasteiger partial charge on any atom is -0.497 e. The molecule has 3 rings (SSSR count). The van der Waals surface area contributed by atoms with E-state index in [4.69, 9.17) is 4.74 Å². The van der Waals surface area contributed by atoms with Crippen LogP contribution < -0.4 is 15.0 Å². The SMILES string of the molecule is COc1ccc(C[NH2+]CC[C@@]2(Cc3ccccc3)C[C@@H](C)[NH+](C)C[C@H]2C)cc1. The molecule has 0 aliphatic carbocycles. The Bertz CT molecular complexity index is 715. The Morgan fingerprint density at radius 1 is 1.04 bits per heavy atom. The lowest BCUT2D eigenvalue weighted by molar-refractivity contribution is -0.916. The van der Waals surface area contributed by atoms with Crippen LogP contribution in [0.2, 0.25) is 0 Å². The van der Waals surface area contributed by atoms with Crippen molar-refractivity contribution < 1.29 is 15.0 Å². The van der Waals surface area contributed by atoms with Gasteiger partial charge in [-0.25, -0.2) is 0 Å². The fourth-order valence-corrected chi connectivity index (χ4v) is 4.99. The Balaban J connectivity index is 1.63. The number of ether oxygens (including phenoxy) is 1. The summed E-state index contributed by atoms with van der Waals surface area (Å²) in [4.78, 5) is 1.69. The maximum Gasteiger partial charge on any atom is 0.118 e. The number of methoxy groups -OCH3 is 1. The van der Waals surface area contributed by atoms with Crippen LogP contribution in [0.5, 0.6) is 5.75 Å². The molecule has 3 N–H and O–H groups in total. The molecule has 3 nitrogen and oxygen atoms in total. The minimum absolute atomic E-state index is 0.413. The van der Waals surface area contributed by atoms with Crippen molar-refractivity contribution in [3.63, 3.8) is 0 Å². The van der Waals surface area contributed by atoms with Gasteiger partial charge in [-0.2, -0.15) is 0 Å². The Kier molecular flexibility index (Phi) is 7.14. The number of hydrogen-bond acceptors (Lipinski definition) is 1. The van der Waals surface area contributed by atoms with Gasteiger partial charge >= 0.3 is 0 Å². The first-order valence-corrected chi connectivity index (χ1v) is 10.8. The van der Waals surface area contributed by atoms with E-state index in [-0.39, 0.29) is 0 Å². The zero-order valence-corrected chi connectivity index (χ0v) is 18.1. The molecule has 1 fully saturated rings. The molecule has 1 heterocycles. The largest absolute Gasteiger partial charge is 0.497 e. The van der Waals surface area contributed by atoms with Crippen LogP contribution in [0.4, 0.5) is 0 Å². The summed E-state index contributed by atoms with van der Waals surface area (Å²) in [6, 6.07) is 20.3. The normalized spacial score (nSPS) is 27.5. The lowest BCUT2D eigenvalue weighted by Gasteiger charge is -2.47. The van der Waals surface area contributed by atoms with Gasteiger partial charge in [0, 0.05) is 24.3 Å². The van der Waals surface area contributed by atoms with Crippen LogP contribution in [0.25, 0.3) is 0 Å². The monoisotopic (exact) mass is 382 g/mol. The van der Waals surface area contributed by atoms with Gasteiger partial charge in [0.05, 0.1) is 33.3 Å². The molecule has 1 aliphatic rings. The van der Waals surface area contributed by atoms with Crippen molar-refractivity contribution in [3.8, 4) is 5.75 Å². The second-order valence-corrected chi connectivity index (χ2v) is 8.96. The van der Waals surface area contributed by atoms with Gasteiger partial charge in [0.25, 0.3) is 0 Å². The number of rotatable bonds is 8. The predicted molar refractivity (Wildman–Crippen MR) is 116 cm³/mol. The summed E-state index contributed by atoms with van der Waals surface area (Å²) >= 11 is 0. The molecule has 1 aliphatic heterocycles. The van der Waals surface area contributed by atoms with Gasteiger partial charge in [-0.1, -0.05) is 37.3 Å². The smallest absolute Gasteiger partial charge is 0.118 e. The topological polar surface area (TPSA) is 30.3 Å². The summed E-state index contributed by atoms with van der Waals surface area (Å²) < 4.78 is 5.26. The molecule has 3 heteroatoms. The van der Waals surface area contributed by atoms with E-state index in [1.807, 2.05) is 0 Å². The van der Waals surface area contributed by atoms with E-state index in [2.05, 4.69) is 80.8 Å². The standard InChI is InChI=1S/C25H36N2O/c1-20-19-27(3)21(2)16-25(20,17-22-8-6-5-7-9-22)14-15-26-18-23-10-12-24(28-4)13-11-23/h5-13,20-21,26H,14-19H2,1-4H3/p+2/t20-,21-,25+/m1/s1. The van der Waals surface area contributed by atoms with Gasteiger partial charge in [-0.15, -0.1) is 0 Å². The third-order valence-corrected chi connectivity index (χ3v) is 7.01. The van der Waals surface area contributed by atoms with Crippen LogP contribution in [0.15, 0.2) is 54.6 Å². The summed E-state index contributed by atoms with van der Waals surface area (Å²) in [5, 5.41) is 2.48. The highest BCUT2D eigenvalue weighted by Crippen LogP contribution is 2.40. The van der Waals surface area contributed by atoms with E-state index in [1.165, 1.54) is 43.5 Å². The predicted octanol–water partition coefficient (Wildman–Crippen LogP) is 2.32. The van der Waals surface area contributed by atoms with Gasteiger partial charge < -0.3 is 15.0 Å². The Morgan fingerprint density at radius 2 is 1.75 bits per heavy atom. The zero-order chi connectivity index (χ0) is 20.0. The number of piperidine rings is 1. The van der Waals surface area contributed by atoms with Crippen molar-refractivity contribution in [2.75, 3.05) is 27.2 Å². The Hall–Kier alpha value is -1.84. The van der Waals surface area contributed by atoms with E-state index >= 15 is 0 Å². The highest BCUT2D eigenvalue weighted by Gasteiger charge is 2.44. The maximum absolute atomic E-state index is 5.26. The average Bonchev–Trinajstić information content (AvgIpc) is 2.71. The van der Waals surface area contributed by atoms with Crippen LogP contribution in [-0.4, -0.2) is 33.3 Å². The summed E-state index contributed by atoms with van der Waals surface area (Å²) in [5.41, 5.74) is 3.28. The van der Waals surface area contributed by atoms with Gasteiger partial charge in [0.1, 0.15) is 12.3 Å². The van der Waals surface area contributed by atoms with Crippen LogP contribution in [0, 0.1) is 11.3 Å². The average molecular weight is 383 g/mol. The molecule has 0 aromatic heterocycles. The molecule has 28 heavy (non-hydrogen) atoms. The van der Waals surface area contributed by atoms with E-state index in [0.29, 0.717) is 5.41 Å². The summed E-state index contributed by atoms with van der Waals surface area (Å²) in [7, 11) is 4.09. The lowest BCUT2D eigenvalue weighted by atomic mass is 9.63. The van der Waals surface area contributed by atoms with Crippen molar-refractivity contribution in [1.29, 1.82) is 0 Å². The molecule has 2 aromatic rings. The molecular formula is C25H38N2O+2. The van der Waals surface area contributed by atoms with E-state index < -0.39 is 0 Å². The molecule has 0 saturated carbocycles. The molecule has 2 aromatic carbocycles. The van der Waals surface area contributed by atoms with Gasteiger partial charge in [0.2, 0.25) is 0 Å². The Morgan fingerprint density at radius 3 is 2.43 bits per heavy atom. The van der Waals surface area contributed by atoms with Gasteiger partial charge in [-0.05, 0) is 48.6 Å². The molecule has 0 radical (unpaired) electrons. The van der Waals surface area contributed by atoms with Crippen LogP contribution in [0.1, 0.15) is 37.8 Å². The highest BCUT2D eigenvalue weighted by molar-refractivity contribution is 5.26. The van der Waals surface area contributed by atoms with Crippen molar-refractivity contribution in [2.45, 2.75) is 45.7 Å². The van der Waals surface area contributed by atoms with Gasteiger partial charge in [-0.3, -0.25) is 0 Å². The third kappa shape index (κ3) is 5.15. The number of benzene rings is 2. The van der Waals surface area contributed by atoms with Crippen LogP contribution >= 0.6 is 0 Å². The maximum atomic E-state index is 5.26. The van der Waals surface area contributed by atoms with E-state index in [1.54, 1.807) is 12.0 Å². The fourth-order valence-electron chi connectivity index (χ4n) is 4.99. The van der Waals surface area contributed by atoms with Crippen LogP contribution in [0.3, 0.4) is 0 Å². The van der Waals surface area contributed by atoms with E-state index in [0.717, 1.165) is 24.3 Å². The molecule has 4 atom stereocenters. The third-order valence-electron chi connectivity index (χ3n) is 7.01. The highest BCUT2D eigenvalue weighted by atomic mass is 16.5. The lowest BCUT2D eigenvalue weighted by Crippen LogP contribution is -3.15. The summed E-state index contributed by atoms with van der Waals surface area (Å²) in [6.07, 6.45) is 3.82. The number of likely N-dealkylation sites (tertiary alicyclic amines) is 1. The number of nitrogens with two attached hydrogens (primary N) is 1. The zero-order valence-electron chi connectivity index (χ0n) is 18.1. The first kappa shape index (κ1) is 20.9. The second kappa shape index (κ2) is 9.58. The van der Waals surface area contributed by atoms with Crippen molar-refractivity contribution in [3.05, 3.63) is 65.7 Å². The molecule has 0 amide bonds. The van der Waals surface area contributed by atoms with Crippen molar-refractivity contribution in [2.24, 2.45) is 11.3 Å². The summed E-state index contributed by atoms with van der Waals surface area (Å²) in [5.74, 6) is 1.68. The van der Waals surface area contributed by atoms with Gasteiger partial charge in [0.15, 0.2) is 0 Å². The van der Waals surface area contributed by atoms with Crippen molar-refractivity contribution >= 4 is 0 Å². The first-order valence-electron chi connectivity index (χ1n) is 10.8. The molecule has 0 spiro atoms. The van der Waals surface area contributed by atoms with Crippen LogP contribution in [-0.2, 0) is 13.0 Å². The molecular weight excluding hydrogens is 344 g/mol. The number of hydrogen-bond donors (Lipinski definition) is 2. The Labute approximate surface area is 171 Å². The fraction of sp³-hybridized carbons (Fsp3) is 0.520. The van der Waals surface area contributed by atoms with Crippen molar-refractivity contribution in [1.82, 2.24) is 0 Å². The second-order valence-electron chi connectivity index (χ2n) is 8.96. The van der Waals surface area contributed by atoms with E-state index in [9.17, 15) is 0 Å². The molecule has 1 unspecified atom stereocenters. The number of nitrogens with one attached hydrogen (secondary N) is 1. The molecule has 152 valence electrons. The quantitative estimate of drug-likeness (QED) is 0.675.